The molecule has 10 heteroatoms. The molecule has 2 atom stereocenters. The number of carbonyl (C=O) groups is 2. The van der Waals surface area contributed by atoms with Crippen LogP contribution in [0.2, 0.25) is 0 Å². The summed E-state index contributed by atoms with van der Waals surface area (Å²) in [6.45, 7) is 5.52. The number of halogens is 1. The van der Waals surface area contributed by atoms with Gasteiger partial charge in [0.25, 0.3) is 0 Å². The molecule has 3 N–H and O–H groups in total. The van der Waals surface area contributed by atoms with Crippen molar-refractivity contribution in [1.29, 1.82) is 0 Å². The molecule has 0 unspecified atom stereocenters. The molecule has 2 heterocycles. The van der Waals surface area contributed by atoms with Crippen molar-refractivity contribution < 1.29 is 9.59 Å². The Labute approximate surface area is 176 Å². The molecule has 0 aliphatic carbocycles. The first-order valence-corrected chi connectivity index (χ1v) is 9.47. The van der Waals surface area contributed by atoms with Crippen molar-refractivity contribution in [3.05, 3.63) is 41.7 Å². The summed E-state index contributed by atoms with van der Waals surface area (Å²) < 4.78 is 1.77. The predicted molar refractivity (Wildman–Crippen MR) is 113 cm³/mol. The van der Waals surface area contributed by atoms with Crippen molar-refractivity contribution >= 4 is 30.0 Å². The van der Waals surface area contributed by atoms with Gasteiger partial charge in [-0.3, -0.25) is 4.79 Å². The average molecular weight is 422 g/mol. The van der Waals surface area contributed by atoms with Crippen LogP contribution >= 0.6 is 12.4 Å². The van der Waals surface area contributed by atoms with Crippen molar-refractivity contribution in [1.82, 2.24) is 30.5 Å². The Balaban J connectivity index is 0.00000300. The number of anilines is 1. The van der Waals surface area contributed by atoms with E-state index in [1.54, 1.807) is 16.6 Å². The topological polar surface area (TPSA) is 104 Å². The minimum absolute atomic E-state index is 0. The summed E-state index contributed by atoms with van der Waals surface area (Å²) in [5, 5.41) is 17.3. The molecule has 1 aliphatic heterocycles. The Morgan fingerprint density at radius 1 is 1.31 bits per heavy atom. The monoisotopic (exact) mass is 421 g/mol. The second kappa shape index (κ2) is 10.2. The molecule has 158 valence electrons. The van der Waals surface area contributed by atoms with E-state index in [1.165, 1.54) is 0 Å². The molecule has 29 heavy (non-hydrogen) atoms. The largest absolute Gasteiger partial charge is 0.355 e. The average Bonchev–Trinajstić information content (AvgIpc) is 3.33. The quantitative estimate of drug-likeness (QED) is 0.658. The number of carbonyl (C=O) groups excluding carboxylic acids is 2. The van der Waals surface area contributed by atoms with Gasteiger partial charge in [0.2, 0.25) is 5.91 Å². The molecule has 1 saturated heterocycles. The Hall–Kier alpha value is -2.65. The molecule has 1 aromatic carbocycles. The van der Waals surface area contributed by atoms with E-state index in [9.17, 15) is 9.59 Å². The van der Waals surface area contributed by atoms with Crippen LogP contribution in [0.5, 0.6) is 0 Å². The second-order valence-corrected chi connectivity index (χ2v) is 7.09. The summed E-state index contributed by atoms with van der Waals surface area (Å²) in [5.74, 6) is 0.0119. The molecular weight excluding hydrogens is 394 g/mol. The van der Waals surface area contributed by atoms with E-state index in [-0.39, 0.29) is 36.4 Å². The lowest BCUT2D eigenvalue weighted by atomic mass is 10.1. The van der Waals surface area contributed by atoms with Gasteiger partial charge in [-0.05, 0) is 32.4 Å². The highest BCUT2D eigenvalue weighted by atomic mass is 35.5. The Kier molecular flexibility index (Phi) is 7.98. The zero-order valence-corrected chi connectivity index (χ0v) is 17.7. The minimum atomic E-state index is -0.211. The highest BCUT2D eigenvalue weighted by molar-refractivity contribution is 5.89. The van der Waals surface area contributed by atoms with Gasteiger partial charge in [-0.1, -0.05) is 22.9 Å². The Morgan fingerprint density at radius 3 is 2.72 bits per heavy atom. The van der Waals surface area contributed by atoms with Gasteiger partial charge in [0.15, 0.2) is 0 Å². The predicted octanol–water partition coefficient (Wildman–Crippen LogP) is 1.71. The van der Waals surface area contributed by atoms with Crippen molar-refractivity contribution in [2.75, 3.05) is 25.5 Å². The van der Waals surface area contributed by atoms with Crippen LogP contribution in [0.3, 0.4) is 0 Å². The standard InChI is InChI=1S/C19H27N7O2.ClH/c1-4-20-18(27)17-9-16(10-21-17)26-12-15(23-24-26)11-25(3)19(28)22-14-7-5-13(2)6-8-14;/h5-8,12,16-17,21H,4,9-11H2,1-3H3,(H,20,27)(H,22,28);1H/t16-,17-;/m0./s1. The zero-order valence-electron chi connectivity index (χ0n) is 16.9. The third-order valence-electron chi connectivity index (χ3n) is 4.76. The number of nitrogens with one attached hydrogen (secondary N) is 3. The summed E-state index contributed by atoms with van der Waals surface area (Å²) in [6.07, 6.45) is 2.50. The lowest BCUT2D eigenvalue weighted by Crippen LogP contribution is -2.40. The molecule has 1 aliphatic rings. The fourth-order valence-electron chi connectivity index (χ4n) is 3.15. The molecule has 9 nitrogen and oxygen atoms in total. The number of rotatable bonds is 6. The molecule has 0 bridgehead atoms. The van der Waals surface area contributed by atoms with Gasteiger partial charge in [-0.15, -0.1) is 17.5 Å². The van der Waals surface area contributed by atoms with Crippen LogP contribution in [-0.4, -0.2) is 58.0 Å². The van der Waals surface area contributed by atoms with Gasteiger partial charge in [-0.2, -0.15) is 0 Å². The maximum atomic E-state index is 12.3. The number of urea groups is 1. The van der Waals surface area contributed by atoms with Gasteiger partial charge in [0.05, 0.1) is 24.8 Å². The van der Waals surface area contributed by atoms with Crippen LogP contribution in [0, 0.1) is 6.92 Å². The molecule has 3 rings (SSSR count). The lowest BCUT2D eigenvalue weighted by molar-refractivity contribution is -0.122. The summed E-state index contributed by atoms with van der Waals surface area (Å²) in [5.41, 5.74) is 2.58. The SMILES string of the molecule is CCNC(=O)[C@@H]1C[C@H](n2cc(CN(C)C(=O)Nc3ccc(C)cc3)nn2)CN1.Cl. The highest BCUT2D eigenvalue weighted by Crippen LogP contribution is 2.19. The van der Waals surface area contributed by atoms with Crippen LogP contribution in [0.25, 0.3) is 0 Å². The molecule has 1 fully saturated rings. The van der Waals surface area contributed by atoms with Gasteiger partial charge in [0.1, 0.15) is 5.69 Å². The van der Waals surface area contributed by atoms with E-state index in [1.807, 2.05) is 44.3 Å². The third-order valence-corrected chi connectivity index (χ3v) is 4.76. The van der Waals surface area contributed by atoms with E-state index in [2.05, 4.69) is 26.3 Å². The van der Waals surface area contributed by atoms with Crippen molar-refractivity contribution in [2.24, 2.45) is 0 Å². The summed E-state index contributed by atoms with van der Waals surface area (Å²) in [6, 6.07) is 7.29. The van der Waals surface area contributed by atoms with Crippen molar-refractivity contribution in [3.8, 4) is 0 Å². The Morgan fingerprint density at radius 2 is 2.03 bits per heavy atom. The van der Waals surface area contributed by atoms with Crippen LogP contribution in [0.1, 0.15) is 30.6 Å². The van der Waals surface area contributed by atoms with Crippen molar-refractivity contribution in [2.45, 2.75) is 38.9 Å². The summed E-state index contributed by atoms with van der Waals surface area (Å²) in [7, 11) is 1.71. The number of hydrogen-bond acceptors (Lipinski definition) is 5. The number of amides is 3. The minimum Gasteiger partial charge on any atom is -0.355 e. The molecule has 1 aromatic heterocycles. The van der Waals surface area contributed by atoms with Crippen LogP contribution < -0.4 is 16.0 Å². The molecule has 0 saturated carbocycles. The van der Waals surface area contributed by atoms with E-state index in [0.717, 1.165) is 11.3 Å². The first kappa shape index (κ1) is 22.6. The van der Waals surface area contributed by atoms with E-state index < -0.39 is 0 Å². The van der Waals surface area contributed by atoms with Gasteiger partial charge in [0, 0.05) is 25.8 Å². The maximum Gasteiger partial charge on any atom is 0.321 e. The van der Waals surface area contributed by atoms with E-state index >= 15 is 0 Å². The lowest BCUT2D eigenvalue weighted by Gasteiger charge is -2.16. The van der Waals surface area contributed by atoms with Gasteiger partial charge in [-0.25, -0.2) is 9.48 Å². The number of hydrogen-bond donors (Lipinski definition) is 3. The first-order valence-electron chi connectivity index (χ1n) is 9.47. The second-order valence-electron chi connectivity index (χ2n) is 7.09. The van der Waals surface area contributed by atoms with Gasteiger partial charge < -0.3 is 20.9 Å². The normalized spacial score (nSPS) is 18.0. The smallest absolute Gasteiger partial charge is 0.321 e. The highest BCUT2D eigenvalue weighted by Gasteiger charge is 2.30. The fraction of sp³-hybridized carbons (Fsp3) is 0.474. The first-order chi connectivity index (χ1) is 13.5. The van der Waals surface area contributed by atoms with Crippen LogP contribution in [-0.2, 0) is 11.3 Å². The summed E-state index contributed by atoms with van der Waals surface area (Å²) in [4.78, 5) is 25.9. The zero-order chi connectivity index (χ0) is 20.1. The molecule has 0 radical (unpaired) electrons. The number of aromatic nitrogens is 3. The van der Waals surface area contributed by atoms with E-state index in [0.29, 0.717) is 31.7 Å². The van der Waals surface area contributed by atoms with Crippen LogP contribution in [0.4, 0.5) is 10.5 Å². The number of benzene rings is 1. The summed E-state index contributed by atoms with van der Waals surface area (Å²) >= 11 is 0. The third kappa shape index (κ3) is 5.91. The van der Waals surface area contributed by atoms with Crippen LogP contribution in [0.15, 0.2) is 30.5 Å². The maximum absolute atomic E-state index is 12.3. The molecule has 2 aromatic rings. The fourth-order valence-corrected chi connectivity index (χ4v) is 3.15. The number of nitrogens with zero attached hydrogens (tertiary/aromatic N) is 4. The Bertz CT molecular complexity index is 824. The molecule has 0 spiro atoms. The van der Waals surface area contributed by atoms with Gasteiger partial charge >= 0.3 is 6.03 Å². The number of likely N-dealkylation sites (N-methyl/N-ethyl adjacent to an activating group) is 1. The van der Waals surface area contributed by atoms with Crippen molar-refractivity contribution in [3.63, 3.8) is 0 Å². The molecular formula is C19H28ClN7O2. The van der Waals surface area contributed by atoms with E-state index in [4.69, 9.17) is 0 Å². The molecule has 3 amide bonds. The number of aryl methyl sites for hydroxylation is 1.